The van der Waals surface area contributed by atoms with Crippen LogP contribution in [0.25, 0.3) is 0 Å². The highest BCUT2D eigenvalue weighted by Crippen LogP contribution is 2.22. The van der Waals surface area contributed by atoms with Crippen LogP contribution in [0.2, 0.25) is 0 Å². The highest BCUT2D eigenvalue weighted by atomic mass is 16.5. The van der Waals surface area contributed by atoms with Gasteiger partial charge in [-0.2, -0.15) is 0 Å². The lowest BCUT2D eigenvalue weighted by molar-refractivity contribution is -0.224. The summed E-state index contributed by atoms with van der Waals surface area (Å²) in [5.74, 6) is -0.659. The number of hydrogen-bond acceptors (Lipinski definition) is 6. The van der Waals surface area contributed by atoms with Gasteiger partial charge in [0.25, 0.3) is 5.91 Å². The first-order valence-corrected chi connectivity index (χ1v) is 6.21. The van der Waals surface area contributed by atoms with Crippen LogP contribution in [0.4, 0.5) is 5.69 Å². The first kappa shape index (κ1) is 14.9. The minimum atomic E-state index is -1.57. The molecule has 5 N–H and O–H groups in total. The Kier molecular flexibility index (Phi) is 4.69. The second-order valence-electron chi connectivity index (χ2n) is 4.60. The molecule has 1 aliphatic rings. The zero-order chi connectivity index (χ0) is 14.7. The third-order valence-electron chi connectivity index (χ3n) is 3.19. The summed E-state index contributed by atoms with van der Waals surface area (Å²) in [7, 11) is 0. The number of rotatable bonds is 3. The summed E-state index contributed by atoms with van der Waals surface area (Å²) in [4.78, 5) is 12.0. The van der Waals surface area contributed by atoms with Gasteiger partial charge >= 0.3 is 0 Å². The Morgan fingerprint density at radius 3 is 2.35 bits per heavy atom. The fourth-order valence-electron chi connectivity index (χ4n) is 2.05. The molecule has 1 aliphatic heterocycles. The second-order valence-corrected chi connectivity index (χ2v) is 4.60. The van der Waals surface area contributed by atoms with Crippen molar-refractivity contribution in [1.82, 2.24) is 0 Å². The van der Waals surface area contributed by atoms with Crippen LogP contribution in [0, 0.1) is 0 Å². The van der Waals surface area contributed by atoms with E-state index in [4.69, 9.17) is 9.84 Å². The molecule has 7 nitrogen and oxygen atoms in total. The van der Waals surface area contributed by atoms with E-state index in [-0.39, 0.29) is 0 Å². The average molecular weight is 283 g/mol. The number of nitrogens with one attached hydrogen (secondary N) is 1. The molecular formula is C13H17NO6. The second kappa shape index (κ2) is 6.29. The first-order valence-electron chi connectivity index (χ1n) is 6.21. The fraction of sp³-hybridized carbons (Fsp3) is 0.462. The predicted molar refractivity (Wildman–Crippen MR) is 68.8 cm³/mol. The summed E-state index contributed by atoms with van der Waals surface area (Å²) >= 11 is 0. The van der Waals surface area contributed by atoms with Crippen LogP contribution in [0.15, 0.2) is 30.3 Å². The molecule has 1 amide bonds. The molecule has 110 valence electrons. The van der Waals surface area contributed by atoms with E-state index < -0.39 is 43.0 Å². The molecule has 1 heterocycles. The lowest BCUT2D eigenvalue weighted by Crippen LogP contribution is -2.61. The van der Waals surface area contributed by atoms with Gasteiger partial charge < -0.3 is 30.5 Å². The van der Waals surface area contributed by atoms with E-state index in [0.717, 1.165) is 0 Å². The van der Waals surface area contributed by atoms with Crippen molar-refractivity contribution in [3.05, 3.63) is 30.3 Å². The van der Waals surface area contributed by atoms with Gasteiger partial charge in [-0.05, 0) is 12.1 Å². The molecule has 2 rings (SSSR count). The van der Waals surface area contributed by atoms with Crippen molar-refractivity contribution in [1.29, 1.82) is 0 Å². The molecule has 5 atom stereocenters. The third kappa shape index (κ3) is 2.97. The summed E-state index contributed by atoms with van der Waals surface area (Å²) in [6.07, 6.45) is -7.08. The van der Waals surface area contributed by atoms with Crippen LogP contribution in [-0.2, 0) is 9.53 Å². The molecule has 1 fully saturated rings. The van der Waals surface area contributed by atoms with E-state index in [1.165, 1.54) is 0 Å². The summed E-state index contributed by atoms with van der Waals surface area (Å²) in [6, 6.07) is 8.54. The zero-order valence-corrected chi connectivity index (χ0v) is 10.6. The number of carbonyl (C=O) groups is 1. The quantitative estimate of drug-likeness (QED) is 0.459. The standard InChI is InChI=1S/C13H17NO6/c15-6-8-9(16)10(17)11(18)12(20-8)13(19)14-7-4-2-1-3-5-7/h1-5,8-12,15-18H,6H2,(H,14,19)/t8-,9-,10+,11-,12-/m0/s1. The van der Waals surface area contributed by atoms with Gasteiger partial charge in [0, 0.05) is 5.69 Å². The van der Waals surface area contributed by atoms with Gasteiger partial charge in [-0.3, -0.25) is 4.79 Å². The summed E-state index contributed by atoms with van der Waals surface area (Å²) in [5, 5.41) is 40.6. The largest absolute Gasteiger partial charge is 0.394 e. The van der Waals surface area contributed by atoms with Gasteiger partial charge in [0.15, 0.2) is 6.10 Å². The molecule has 0 radical (unpaired) electrons. The fourth-order valence-corrected chi connectivity index (χ4v) is 2.05. The lowest BCUT2D eigenvalue weighted by Gasteiger charge is -2.39. The minimum Gasteiger partial charge on any atom is -0.394 e. The molecule has 1 aromatic carbocycles. The van der Waals surface area contributed by atoms with E-state index in [1.54, 1.807) is 30.3 Å². The molecule has 0 aliphatic carbocycles. The Morgan fingerprint density at radius 2 is 1.75 bits per heavy atom. The highest BCUT2D eigenvalue weighted by molar-refractivity contribution is 5.94. The molecule has 1 aromatic rings. The van der Waals surface area contributed by atoms with Crippen molar-refractivity contribution in [2.75, 3.05) is 11.9 Å². The number of carbonyl (C=O) groups excluding carboxylic acids is 1. The molecular weight excluding hydrogens is 266 g/mol. The highest BCUT2D eigenvalue weighted by Gasteiger charge is 2.46. The molecule has 0 aromatic heterocycles. The van der Waals surface area contributed by atoms with Crippen LogP contribution >= 0.6 is 0 Å². The SMILES string of the molecule is O=C(Nc1ccccc1)[C@H]1O[C@@H](CO)[C@H](O)[C@@H](O)[C@@H]1O. The number of benzene rings is 1. The maximum Gasteiger partial charge on any atom is 0.256 e. The number of ether oxygens (including phenoxy) is 1. The monoisotopic (exact) mass is 283 g/mol. The molecule has 0 bridgehead atoms. The number of anilines is 1. The van der Waals surface area contributed by atoms with Crippen LogP contribution in [0.3, 0.4) is 0 Å². The zero-order valence-electron chi connectivity index (χ0n) is 10.6. The van der Waals surface area contributed by atoms with Gasteiger partial charge in [0.05, 0.1) is 6.61 Å². The van der Waals surface area contributed by atoms with Crippen molar-refractivity contribution in [2.24, 2.45) is 0 Å². The van der Waals surface area contributed by atoms with Gasteiger partial charge in [-0.15, -0.1) is 0 Å². The van der Waals surface area contributed by atoms with Crippen LogP contribution in [0.5, 0.6) is 0 Å². The van der Waals surface area contributed by atoms with Gasteiger partial charge in [-0.1, -0.05) is 18.2 Å². The number of para-hydroxylation sites is 1. The van der Waals surface area contributed by atoms with Crippen molar-refractivity contribution >= 4 is 11.6 Å². The summed E-state index contributed by atoms with van der Waals surface area (Å²) in [5.41, 5.74) is 0.509. The smallest absolute Gasteiger partial charge is 0.256 e. The van der Waals surface area contributed by atoms with E-state index >= 15 is 0 Å². The average Bonchev–Trinajstić information content (AvgIpc) is 2.46. The van der Waals surface area contributed by atoms with Crippen LogP contribution in [0.1, 0.15) is 0 Å². The normalized spacial score (nSPS) is 33.7. The molecule has 0 unspecified atom stereocenters. The lowest BCUT2D eigenvalue weighted by atomic mass is 9.94. The Bertz CT molecular complexity index is 451. The van der Waals surface area contributed by atoms with Crippen LogP contribution < -0.4 is 5.32 Å². The van der Waals surface area contributed by atoms with E-state index in [0.29, 0.717) is 5.69 Å². The number of amides is 1. The predicted octanol–water partition coefficient (Wildman–Crippen LogP) is -1.53. The van der Waals surface area contributed by atoms with Crippen molar-refractivity contribution in [3.8, 4) is 0 Å². The number of aliphatic hydroxyl groups is 4. The Balaban J connectivity index is 2.08. The summed E-state index contributed by atoms with van der Waals surface area (Å²) < 4.78 is 5.14. The van der Waals surface area contributed by atoms with Crippen LogP contribution in [-0.4, -0.2) is 63.5 Å². The minimum absolute atomic E-state index is 0.509. The molecule has 20 heavy (non-hydrogen) atoms. The number of aliphatic hydroxyl groups excluding tert-OH is 4. The Labute approximate surface area is 115 Å². The third-order valence-corrected chi connectivity index (χ3v) is 3.19. The number of hydrogen-bond donors (Lipinski definition) is 5. The molecule has 0 saturated carbocycles. The Morgan fingerprint density at radius 1 is 1.10 bits per heavy atom. The Hall–Kier alpha value is -1.51. The molecule has 1 saturated heterocycles. The maximum absolute atomic E-state index is 12.0. The van der Waals surface area contributed by atoms with Gasteiger partial charge in [-0.25, -0.2) is 0 Å². The van der Waals surface area contributed by atoms with E-state index in [1.807, 2.05) is 0 Å². The molecule has 7 heteroatoms. The van der Waals surface area contributed by atoms with Crippen molar-refractivity contribution < 1.29 is 30.0 Å². The van der Waals surface area contributed by atoms with E-state index in [9.17, 15) is 20.1 Å². The maximum atomic E-state index is 12.0. The first-order chi connectivity index (χ1) is 9.54. The van der Waals surface area contributed by atoms with Crippen molar-refractivity contribution in [3.63, 3.8) is 0 Å². The summed E-state index contributed by atoms with van der Waals surface area (Å²) in [6.45, 7) is -0.569. The molecule has 0 spiro atoms. The van der Waals surface area contributed by atoms with Gasteiger partial charge in [0.2, 0.25) is 0 Å². The topological polar surface area (TPSA) is 119 Å². The van der Waals surface area contributed by atoms with E-state index in [2.05, 4.69) is 5.32 Å². The van der Waals surface area contributed by atoms with Gasteiger partial charge in [0.1, 0.15) is 24.4 Å². The van der Waals surface area contributed by atoms with Crippen molar-refractivity contribution in [2.45, 2.75) is 30.5 Å².